The fourth-order valence-corrected chi connectivity index (χ4v) is 5.57. The number of H-pyrrole nitrogens is 1. The van der Waals surface area contributed by atoms with Crippen LogP contribution in [0.2, 0.25) is 0 Å². The number of aromatic nitrogens is 2. The molecule has 0 saturated heterocycles. The zero-order valence-electron chi connectivity index (χ0n) is 22.6. The third kappa shape index (κ3) is 7.92. The summed E-state index contributed by atoms with van der Waals surface area (Å²) in [5.74, 6) is 0.128. The second kappa shape index (κ2) is 14.3. The molecule has 2 aromatic carbocycles. The van der Waals surface area contributed by atoms with Crippen LogP contribution in [0, 0.1) is 0 Å². The summed E-state index contributed by atoms with van der Waals surface area (Å²) in [6, 6.07) is 13.8. The molecule has 0 aliphatic heterocycles. The van der Waals surface area contributed by atoms with E-state index in [0.29, 0.717) is 5.75 Å². The first-order chi connectivity index (χ1) is 19.2. The van der Waals surface area contributed by atoms with Crippen LogP contribution in [0.4, 0.5) is 0 Å². The number of hydrogen-bond donors (Lipinski definition) is 4. The Balaban J connectivity index is 1.92. The van der Waals surface area contributed by atoms with E-state index in [0.717, 1.165) is 16.7 Å². The molecule has 1 aromatic heterocycles. The van der Waals surface area contributed by atoms with E-state index in [1.54, 1.807) is 45.2 Å². The molecule has 0 fully saturated rings. The largest absolute Gasteiger partial charge is 0.497 e. The molecule has 0 radical (unpaired) electrons. The third-order valence-electron chi connectivity index (χ3n) is 5.77. The standard InChI is InChI=1S/C28H34N5O6P/c1-4-38-40(36,39-5-2)18-19-8-10-20(11-9-19)25(21-12-14-22(37-3)15-13-21)32-27(34)23-17-31-26(33-28(23)35)24(30)7-6-16-29/h6-17,25H,4-5,18,29-30H2,1-3H3,(H,32,34)(H,31,33,35)/b16-6-,24-7-. The van der Waals surface area contributed by atoms with Gasteiger partial charge in [0.05, 0.1) is 38.2 Å². The van der Waals surface area contributed by atoms with Crippen molar-refractivity contribution in [3.05, 3.63) is 112 Å². The number of amides is 1. The fourth-order valence-electron chi connectivity index (χ4n) is 3.87. The van der Waals surface area contributed by atoms with Gasteiger partial charge in [-0.05, 0) is 61.0 Å². The highest BCUT2D eigenvalue weighted by molar-refractivity contribution is 7.53. The highest BCUT2D eigenvalue weighted by atomic mass is 31.2. The van der Waals surface area contributed by atoms with Crippen molar-refractivity contribution >= 4 is 19.2 Å². The Kier molecular flexibility index (Phi) is 10.8. The van der Waals surface area contributed by atoms with Gasteiger partial charge < -0.3 is 35.6 Å². The molecule has 12 heteroatoms. The van der Waals surface area contributed by atoms with Crippen LogP contribution >= 0.6 is 7.60 Å². The number of nitrogens with one attached hydrogen (secondary N) is 2. The number of benzene rings is 2. The topological polar surface area (TPSA) is 172 Å². The molecule has 6 N–H and O–H groups in total. The Hall–Kier alpha value is -4.18. The number of nitrogens with zero attached hydrogens (tertiary/aromatic N) is 1. The van der Waals surface area contributed by atoms with Gasteiger partial charge in [-0.15, -0.1) is 0 Å². The summed E-state index contributed by atoms with van der Waals surface area (Å²) in [5, 5.41) is 2.92. The van der Waals surface area contributed by atoms with Gasteiger partial charge in [0, 0.05) is 6.20 Å². The summed E-state index contributed by atoms with van der Waals surface area (Å²) < 4.78 is 29.0. The van der Waals surface area contributed by atoms with Gasteiger partial charge in [-0.25, -0.2) is 4.98 Å². The molecule has 0 spiro atoms. The van der Waals surface area contributed by atoms with E-state index in [1.165, 1.54) is 24.5 Å². The molecule has 11 nitrogen and oxygen atoms in total. The maximum absolute atomic E-state index is 13.3. The number of carbonyl (C=O) groups is 1. The van der Waals surface area contributed by atoms with Crippen LogP contribution < -0.4 is 27.1 Å². The molecule has 3 aromatic rings. The first-order valence-electron chi connectivity index (χ1n) is 12.6. The van der Waals surface area contributed by atoms with E-state index in [2.05, 4.69) is 15.3 Å². The number of methoxy groups -OCH3 is 1. The summed E-state index contributed by atoms with van der Waals surface area (Å²) >= 11 is 0. The van der Waals surface area contributed by atoms with Crippen LogP contribution in [0.25, 0.3) is 5.70 Å². The van der Waals surface area contributed by atoms with Crippen molar-refractivity contribution in [2.24, 2.45) is 11.5 Å². The monoisotopic (exact) mass is 567 g/mol. The van der Waals surface area contributed by atoms with Gasteiger partial charge in [0.15, 0.2) is 5.82 Å². The van der Waals surface area contributed by atoms with Crippen molar-refractivity contribution in [1.29, 1.82) is 0 Å². The summed E-state index contributed by atoms with van der Waals surface area (Å²) in [6.45, 7) is 4.05. The zero-order chi connectivity index (χ0) is 29.1. The predicted molar refractivity (Wildman–Crippen MR) is 154 cm³/mol. The van der Waals surface area contributed by atoms with Crippen molar-refractivity contribution in [1.82, 2.24) is 15.3 Å². The Bertz CT molecular complexity index is 1440. The molecule has 0 aliphatic carbocycles. The predicted octanol–water partition coefficient (Wildman–Crippen LogP) is 3.84. The number of ether oxygens (including phenoxy) is 1. The number of allylic oxidation sites excluding steroid dienone is 2. The third-order valence-corrected chi connectivity index (χ3v) is 7.83. The minimum atomic E-state index is -3.28. The fraction of sp³-hybridized carbons (Fsp3) is 0.250. The second-order valence-corrected chi connectivity index (χ2v) is 10.6. The highest BCUT2D eigenvalue weighted by Crippen LogP contribution is 2.51. The van der Waals surface area contributed by atoms with E-state index >= 15 is 0 Å². The number of aromatic amines is 1. The Labute approximate surface area is 232 Å². The average molecular weight is 568 g/mol. The Morgan fingerprint density at radius 1 is 1.07 bits per heavy atom. The second-order valence-electron chi connectivity index (χ2n) is 8.51. The summed E-state index contributed by atoms with van der Waals surface area (Å²) in [7, 11) is -1.72. The quantitative estimate of drug-likeness (QED) is 0.177. The van der Waals surface area contributed by atoms with Gasteiger partial charge in [-0.1, -0.05) is 36.4 Å². The van der Waals surface area contributed by atoms with Gasteiger partial charge in [0.25, 0.3) is 11.5 Å². The van der Waals surface area contributed by atoms with Gasteiger partial charge >= 0.3 is 7.60 Å². The lowest BCUT2D eigenvalue weighted by molar-refractivity contribution is 0.0941. The van der Waals surface area contributed by atoms with Crippen LogP contribution in [-0.4, -0.2) is 36.2 Å². The van der Waals surface area contributed by atoms with Crippen LogP contribution in [0.1, 0.15) is 52.8 Å². The van der Waals surface area contributed by atoms with Crippen molar-refractivity contribution in [2.45, 2.75) is 26.1 Å². The van der Waals surface area contributed by atoms with E-state index in [9.17, 15) is 14.2 Å². The summed E-state index contributed by atoms with van der Waals surface area (Å²) in [4.78, 5) is 32.6. The lowest BCUT2D eigenvalue weighted by atomic mass is 9.97. The van der Waals surface area contributed by atoms with E-state index < -0.39 is 25.1 Å². The minimum Gasteiger partial charge on any atom is -0.497 e. The molecule has 0 aliphatic rings. The first kappa shape index (κ1) is 30.4. The Morgan fingerprint density at radius 3 is 2.20 bits per heavy atom. The van der Waals surface area contributed by atoms with Crippen molar-refractivity contribution in [3.63, 3.8) is 0 Å². The van der Waals surface area contributed by atoms with Crippen molar-refractivity contribution in [3.8, 4) is 5.75 Å². The minimum absolute atomic E-state index is 0.110. The van der Waals surface area contributed by atoms with E-state index in [-0.39, 0.29) is 36.5 Å². The highest BCUT2D eigenvalue weighted by Gasteiger charge is 2.25. The molecule has 212 valence electrons. The molecule has 3 rings (SSSR count). The molecular weight excluding hydrogens is 533 g/mol. The van der Waals surface area contributed by atoms with Crippen molar-refractivity contribution in [2.75, 3.05) is 20.3 Å². The SMILES string of the molecule is CCOP(=O)(Cc1ccc(C(NC(=O)c2cnc(/C(N)=C/C=C\N)[nH]c2=O)c2ccc(OC)cc2)cc1)OCC. The molecular formula is C28H34N5O6P. The molecule has 40 heavy (non-hydrogen) atoms. The molecule has 1 atom stereocenters. The van der Waals surface area contributed by atoms with E-state index in [4.69, 9.17) is 25.3 Å². The van der Waals surface area contributed by atoms with Crippen LogP contribution in [0.5, 0.6) is 5.75 Å². The maximum Gasteiger partial charge on any atom is 0.335 e. The molecule has 1 unspecified atom stereocenters. The maximum atomic E-state index is 13.3. The van der Waals surface area contributed by atoms with Crippen molar-refractivity contribution < 1.29 is 23.1 Å². The van der Waals surface area contributed by atoms with Gasteiger partial charge in [0.2, 0.25) is 0 Å². The molecule has 1 amide bonds. The summed E-state index contributed by atoms with van der Waals surface area (Å²) in [6.07, 6.45) is 5.54. The van der Waals surface area contributed by atoms with Gasteiger partial charge in [-0.3, -0.25) is 14.2 Å². The molecule has 1 heterocycles. The number of rotatable bonds is 13. The van der Waals surface area contributed by atoms with Crippen LogP contribution in [0.3, 0.4) is 0 Å². The molecule has 0 bridgehead atoms. The average Bonchev–Trinajstić information content (AvgIpc) is 2.95. The van der Waals surface area contributed by atoms with Crippen LogP contribution in [0.15, 0.2) is 77.9 Å². The zero-order valence-corrected chi connectivity index (χ0v) is 23.5. The van der Waals surface area contributed by atoms with E-state index in [1.807, 2.05) is 24.3 Å². The number of hydrogen-bond acceptors (Lipinski definition) is 9. The summed E-state index contributed by atoms with van der Waals surface area (Å²) in [5.41, 5.74) is 12.8. The number of carbonyl (C=O) groups excluding carboxylic acids is 1. The smallest absolute Gasteiger partial charge is 0.335 e. The lowest BCUT2D eigenvalue weighted by Crippen LogP contribution is -2.34. The van der Waals surface area contributed by atoms with Crippen LogP contribution in [-0.2, 0) is 19.8 Å². The lowest BCUT2D eigenvalue weighted by Gasteiger charge is -2.21. The Morgan fingerprint density at radius 2 is 1.68 bits per heavy atom. The van der Waals surface area contributed by atoms with Gasteiger partial charge in [0.1, 0.15) is 11.3 Å². The molecule has 0 saturated carbocycles. The van der Waals surface area contributed by atoms with Gasteiger partial charge in [-0.2, -0.15) is 0 Å². The first-order valence-corrected chi connectivity index (χ1v) is 14.3. The number of nitrogens with two attached hydrogens (primary N) is 2. The normalized spacial score (nSPS) is 12.8.